The maximum atomic E-state index is 14.7. The number of thiophene rings is 1. The van der Waals surface area contributed by atoms with Gasteiger partial charge in [0.2, 0.25) is 0 Å². The highest BCUT2D eigenvalue weighted by molar-refractivity contribution is 7.07. The van der Waals surface area contributed by atoms with Gasteiger partial charge in [-0.1, -0.05) is 12.1 Å². The SMILES string of the molecule is Cc1ccc([C@H](Cc2ccsc2)NCc2ccc(N3CCOCC3)c(F)c2)nc1. The van der Waals surface area contributed by atoms with E-state index in [1.54, 1.807) is 17.4 Å². The molecule has 4 nitrogen and oxygen atoms in total. The zero-order valence-corrected chi connectivity index (χ0v) is 17.4. The van der Waals surface area contributed by atoms with E-state index in [0.29, 0.717) is 25.4 Å². The summed E-state index contributed by atoms with van der Waals surface area (Å²) in [7, 11) is 0. The van der Waals surface area contributed by atoms with Gasteiger partial charge in [0.15, 0.2) is 0 Å². The van der Waals surface area contributed by atoms with E-state index in [-0.39, 0.29) is 11.9 Å². The Balaban J connectivity index is 1.46. The molecule has 1 saturated heterocycles. The molecule has 0 amide bonds. The zero-order chi connectivity index (χ0) is 20.1. The van der Waals surface area contributed by atoms with Gasteiger partial charge < -0.3 is 15.0 Å². The summed E-state index contributed by atoms with van der Waals surface area (Å²) in [5.74, 6) is -0.172. The molecule has 0 saturated carbocycles. The Morgan fingerprint density at radius 3 is 2.72 bits per heavy atom. The highest BCUT2D eigenvalue weighted by atomic mass is 32.1. The fourth-order valence-electron chi connectivity index (χ4n) is 3.57. The number of pyridine rings is 1. The lowest BCUT2D eigenvalue weighted by Gasteiger charge is -2.29. The monoisotopic (exact) mass is 411 g/mol. The number of nitrogens with one attached hydrogen (secondary N) is 1. The Morgan fingerprint density at radius 2 is 2.03 bits per heavy atom. The van der Waals surface area contributed by atoms with E-state index >= 15 is 0 Å². The lowest BCUT2D eigenvalue weighted by molar-refractivity contribution is 0.122. The summed E-state index contributed by atoms with van der Waals surface area (Å²) < 4.78 is 20.1. The Labute approximate surface area is 175 Å². The number of morpholine rings is 1. The smallest absolute Gasteiger partial charge is 0.146 e. The van der Waals surface area contributed by atoms with Gasteiger partial charge in [-0.05, 0) is 65.1 Å². The van der Waals surface area contributed by atoms with Crippen LogP contribution in [-0.2, 0) is 17.7 Å². The van der Waals surface area contributed by atoms with Crippen molar-refractivity contribution in [3.8, 4) is 0 Å². The molecule has 1 aromatic carbocycles. The highest BCUT2D eigenvalue weighted by Crippen LogP contribution is 2.23. The van der Waals surface area contributed by atoms with E-state index in [0.717, 1.165) is 36.3 Å². The summed E-state index contributed by atoms with van der Waals surface area (Å²) in [5, 5.41) is 7.84. The lowest BCUT2D eigenvalue weighted by Crippen LogP contribution is -2.36. The molecule has 4 rings (SSSR count). The van der Waals surface area contributed by atoms with Gasteiger partial charge in [-0.2, -0.15) is 11.3 Å². The van der Waals surface area contributed by atoms with Gasteiger partial charge in [0.1, 0.15) is 5.82 Å². The number of hydrogen-bond donors (Lipinski definition) is 1. The second-order valence-electron chi connectivity index (χ2n) is 7.41. The Hall–Kier alpha value is -2.28. The summed E-state index contributed by atoms with van der Waals surface area (Å²) in [6.45, 7) is 5.39. The minimum atomic E-state index is -0.172. The molecule has 2 aromatic heterocycles. The van der Waals surface area contributed by atoms with Crippen LogP contribution in [0.1, 0.15) is 28.4 Å². The summed E-state index contributed by atoms with van der Waals surface area (Å²) in [5.41, 5.74) is 5.02. The minimum absolute atomic E-state index is 0.0761. The van der Waals surface area contributed by atoms with E-state index in [4.69, 9.17) is 4.74 Å². The number of aryl methyl sites for hydroxylation is 1. The molecule has 1 N–H and O–H groups in total. The van der Waals surface area contributed by atoms with Crippen molar-refractivity contribution >= 4 is 17.0 Å². The van der Waals surface area contributed by atoms with E-state index in [1.165, 1.54) is 5.56 Å². The predicted molar refractivity (Wildman–Crippen MR) is 116 cm³/mol. The van der Waals surface area contributed by atoms with Crippen LogP contribution in [0.5, 0.6) is 0 Å². The second-order valence-corrected chi connectivity index (χ2v) is 8.19. The van der Waals surface area contributed by atoms with E-state index in [9.17, 15) is 4.39 Å². The first-order valence-corrected chi connectivity index (χ1v) is 10.9. The van der Waals surface area contributed by atoms with Crippen LogP contribution in [0, 0.1) is 12.7 Å². The summed E-state index contributed by atoms with van der Waals surface area (Å²) >= 11 is 1.70. The van der Waals surface area contributed by atoms with Crippen molar-refractivity contribution in [3.63, 3.8) is 0 Å². The molecule has 1 atom stereocenters. The van der Waals surface area contributed by atoms with Gasteiger partial charge in [0.25, 0.3) is 0 Å². The molecule has 0 unspecified atom stereocenters. The van der Waals surface area contributed by atoms with Gasteiger partial charge >= 0.3 is 0 Å². The molecule has 1 fully saturated rings. The molecule has 0 aliphatic carbocycles. The maximum absolute atomic E-state index is 14.7. The number of rotatable bonds is 7. The highest BCUT2D eigenvalue weighted by Gasteiger charge is 2.17. The van der Waals surface area contributed by atoms with Crippen molar-refractivity contribution in [1.82, 2.24) is 10.3 Å². The van der Waals surface area contributed by atoms with Crippen LogP contribution >= 0.6 is 11.3 Å². The van der Waals surface area contributed by atoms with Crippen molar-refractivity contribution < 1.29 is 9.13 Å². The second kappa shape index (κ2) is 9.48. The number of halogens is 1. The van der Waals surface area contributed by atoms with Crippen LogP contribution in [0.25, 0.3) is 0 Å². The maximum Gasteiger partial charge on any atom is 0.146 e. The Kier molecular flexibility index (Phi) is 6.54. The first-order chi connectivity index (χ1) is 14.2. The first kappa shape index (κ1) is 20.0. The first-order valence-electron chi connectivity index (χ1n) is 9.97. The van der Waals surface area contributed by atoms with Crippen LogP contribution < -0.4 is 10.2 Å². The third-order valence-corrected chi connectivity index (χ3v) is 5.96. The van der Waals surface area contributed by atoms with Crippen molar-refractivity contribution in [2.45, 2.75) is 25.9 Å². The molecular weight excluding hydrogens is 385 g/mol. The molecule has 29 heavy (non-hydrogen) atoms. The van der Waals surface area contributed by atoms with Gasteiger partial charge in [-0.25, -0.2) is 4.39 Å². The largest absolute Gasteiger partial charge is 0.378 e. The fourth-order valence-corrected chi connectivity index (χ4v) is 4.25. The third kappa shape index (κ3) is 5.21. The molecule has 152 valence electrons. The Morgan fingerprint density at radius 1 is 1.17 bits per heavy atom. The molecule has 0 bridgehead atoms. The molecule has 0 radical (unpaired) electrons. The fraction of sp³-hybridized carbons (Fsp3) is 0.348. The van der Waals surface area contributed by atoms with Crippen LogP contribution in [0.4, 0.5) is 10.1 Å². The summed E-state index contributed by atoms with van der Waals surface area (Å²) in [6.07, 6.45) is 2.75. The number of anilines is 1. The molecular formula is C23H26FN3OS. The predicted octanol–water partition coefficient (Wildman–Crippen LogP) is 4.50. The number of benzene rings is 1. The van der Waals surface area contributed by atoms with Gasteiger partial charge in [-0.15, -0.1) is 0 Å². The Bertz CT molecular complexity index is 908. The van der Waals surface area contributed by atoms with Crippen molar-refractivity contribution in [1.29, 1.82) is 0 Å². The third-order valence-electron chi connectivity index (χ3n) is 5.23. The van der Waals surface area contributed by atoms with Crippen molar-refractivity contribution in [2.24, 2.45) is 0 Å². The van der Waals surface area contributed by atoms with Gasteiger partial charge in [0.05, 0.1) is 30.6 Å². The average molecular weight is 412 g/mol. The summed E-state index contributed by atoms with van der Waals surface area (Å²) in [4.78, 5) is 6.66. The molecule has 6 heteroatoms. The molecule has 3 heterocycles. The van der Waals surface area contributed by atoms with E-state index in [2.05, 4.69) is 39.3 Å². The quantitative estimate of drug-likeness (QED) is 0.621. The van der Waals surface area contributed by atoms with Crippen LogP contribution in [0.2, 0.25) is 0 Å². The molecule has 0 spiro atoms. The number of ether oxygens (including phenoxy) is 1. The van der Waals surface area contributed by atoms with Gasteiger partial charge in [0, 0.05) is 25.8 Å². The molecule has 3 aromatic rings. The van der Waals surface area contributed by atoms with Gasteiger partial charge in [-0.3, -0.25) is 4.98 Å². The number of aromatic nitrogens is 1. The molecule has 1 aliphatic heterocycles. The van der Waals surface area contributed by atoms with E-state index < -0.39 is 0 Å². The van der Waals surface area contributed by atoms with Crippen LogP contribution in [0.3, 0.4) is 0 Å². The standard InChI is InChI=1S/C23H26FN3OS/c1-17-2-4-21(25-14-17)22(13-19-6-11-29-16-19)26-15-18-3-5-23(20(24)12-18)27-7-9-28-10-8-27/h2-6,11-12,14,16,22,26H,7-10,13,15H2,1H3/t22-/m0/s1. The normalized spacial score (nSPS) is 15.4. The minimum Gasteiger partial charge on any atom is -0.378 e. The average Bonchev–Trinajstić information content (AvgIpc) is 3.26. The zero-order valence-electron chi connectivity index (χ0n) is 16.6. The van der Waals surface area contributed by atoms with Crippen LogP contribution in [-0.4, -0.2) is 31.3 Å². The summed E-state index contributed by atoms with van der Waals surface area (Å²) in [6, 6.07) is 11.9. The van der Waals surface area contributed by atoms with Crippen LogP contribution in [0.15, 0.2) is 53.4 Å². The number of hydrogen-bond acceptors (Lipinski definition) is 5. The van der Waals surface area contributed by atoms with E-state index in [1.807, 2.05) is 30.2 Å². The van der Waals surface area contributed by atoms with Crippen molar-refractivity contribution in [2.75, 3.05) is 31.2 Å². The lowest BCUT2D eigenvalue weighted by atomic mass is 10.0. The topological polar surface area (TPSA) is 37.4 Å². The van der Waals surface area contributed by atoms with Crippen molar-refractivity contribution in [3.05, 3.63) is 81.6 Å². The number of nitrogens with zero attached hydrogens (tertiary/aromatic N) is 2. The molecule has 1 aliphatic rings.